The maximum Gasteiger partial charge on any atom is 0.255 e. The molecular formula is C24H28N2O2. The first-order valence-corrected chi connectivity index (χ1v) is 9.76. The number of hydrogen-bond donors (Lipinski definition) is 2. The van der Waals surface area contributed by atoms with E-state index in [2.05, 4.69) is 31.4 Å². The molecular weight excluding hydrogens is 348 g/mol. The second-order valence-corrected chi connectivity index (χ2v) is 8.34. The van der Waals surface area contributed by atoms with Gasteiger partial charge in [-0.2, -0.15) is 0 Å². The summed E-state index contributed by atoms with van der Waals surface area (Å²) < 4.78 is 0. The molecule has 1 aliphatic heterocycles. The lowest BCUT2D eigenvalue weighted by Gasteiger charge is -2.23. The molecule has 28 heavy (non-hydrogen) atoms. The van der Waals surface area contributed by atoms with Crippen molar-refractivity contribution >= 4 is 11.7 Å². The van der Waals surface area contributed by atoms with Crippen molar-refractivity contribution in [3.05, 3.63) is 83.2 Å². The Kier molecular flexibility index (Phi) is 5.98. The van der Waals surface area contributed by atoms with E-state index in [0.29, 0.717) is 24.8 Å². The highest BCUT2D eigenvalue weighted by Gasteiger charge is 2.22. The minimum atomic E-state index is -0.202. The number of nitrogens with one attached hydrogen (secondary N) is 2. The van der Waals surface area contributed by atoms with Crippen LogP contribution in [0.2, 0.25) is 0 Å². The second-order valence-electron chi connectivity index (χ2n) is 8.34. The number of amides is 1. The fourth-order valence-corrected chi connectivity index (χ4v) is 3.27. The van der Waals surface area contributed by atoms with Crippen molar-refractivity contribution < 1.29 is 9.59 Å². The molecule has 1 heterocycles. The molecule has 0 aromatic heterocycles. The number of hydrogen-bond acceptors (Lipinski definition) is 3. The van der Waals surface area contributed by atoms with Crippen molar-refractivity contribution in [1.82, 2.24) is 10.6 Å². The molecule has 1 aliphatic rings. The summed E-state index contributed by atoms with van der Waals surface area (Å²) in [4.78, 5) is 24.9. The highest BCUT2D eigenvalue weighted by atomic mass is 16.1. The first-order valence-electron chi connectivity index (χ1n) is 9.76. The van der Waals surface area contributed by atoms with Gasteiger partial charge in [0.2, 0.25) is 0 Å². The maximum absolute atomic E-state index is 12.5. The van der Waals surface area contributed by atoms with Crippen LogP contribution >= 0.6 is 0 Å². The van der Waals surface area contributed by atoms with Gasteiger partial charge in [0.05, 0.1) is 6.04 Å². The normalized spacial score (nSPS) is 16.7. The Morgan fingerprint density at radius 1 is 1.04 bits per heavy atom. The van der Waals surface area contributed by atoms with Crippen molar-refractivity contribution in [3.8, 4) is 0 Å². The van der Waals surface area contributed by atoms with E-state index in [1.165, 1.54) is 5.56 Å². The third-order valence-corrected chi connectivity index (χ3v) is 5.06. The minimum Gasteiger partial charge on any atom is -0.380 e. The number of ketones is 1. The predicted molar refractivity (Wildman–Crippen MR) is 112 cm³/mol. The molecule has 2 N–H and O–H groups in total. The monoisotopic (exact) mass is 376 g/mol. The number of rotatable bonds is 5. The molecule has 4 heteroatoms. The standard InChI is InChI=1S/C24H28N2O2/c1-24(2,3)19-11-9-18(10-12-19)23(28)26-20-13-14-21(25-16-20)22(27)15-17-7-5-4-6-8-17/h4-12,16,21,25H,13-15H2,1-3H3,(H,26,28). The molecule has 0 saturated heterocycles. The lowest BCUT2D eigenvalue weighted by molar-refractivity contribution is -0.120. The highest BCUT2D eigenvalue weighted by Crippen LogP contribution is 2.22. The molecule has 1 unspecified atom stereocenters. The van der Waals surface area contributed by atoms with Crippen LogP contribution in [0.1, 0.15) is 55.1 Å². The molecule has 0 aliphatic carbocycles. The zero-order valence-corrected chi connectivity index (χ0v) is 16.8. The van der Waals surface area contributed by atoms with Crippen LogP contribution in [0.3, 0.4) is 0 Å². The number of Topliss-reactive ketones (excluding diaryl/α,β-unsaturated/α-hetero) is 1. The van der Waals surface area contributed by atoms with Crippen molar-refractivity contribution in [2.45, 2.75) is 51.5 Å². The molecule has 3 rings (SSSR count). The zero-order valence-electron chi connectivity index (χ0n) is 16.8. The summed E-state index contributed by atoms with van der Waals surface area (Å²) in [5.41, 5.74) is 3.73. The molecule has 0 radical (unpaired) electrons. The van der Waals surface area contributed by atoms with Crippen LogP contribution in [0, 0.1) is 0 Å². The Bertz CT molecular complexity index is 862. The van der Waals surface area contributed by atoms with Crippen molar-refractivity contribution in [2.75, 3.05) is 0 Å². The van der Waals surface area contributed by atoms with E-state index in [1.54, 1.807) is 6.20 Å². The van der Waals surface area contributed by atoms with Gasteiger partial charge in [-0.05, 0) is 41.5 Å². The lowest BCUT2D eigenvalue weighted by Crippen LogP contribution is -2.39. The Morgan fingerprint density at radius 2 is 1.71 bits per heavy atom. The molecule has 1 atom stereocenters. The van der Waals surface area contributed by atoms with E-state index >= 15 is 0 Å². The van der Waals surface area contributed by atoms with Gasteiger partial charge >= 0.3 is 0 Å². The van der Waals surface area contributed by atoms with E-state index in [1.807, 2.05) is 54.6 Å². The fourth-order valence-electron chi connectivity index (χ4n) is 3.27. The second kappa shape index (κ2) is 8.42. The molecule has 2 aromatic rings. The summed E-state index contributed by atoms with van der Waals surface area (Å²) in [6.07, 6.45) is 3.54. The van der Waals surface area contributed by atoms with Crippen LogP contribution in [-0.2, 0) is 16.6 Å². The smallest absolute Gasteiger partial charge is 0.255 e. The summed E-state index contributed by atoms with van der Waals surface area (Å²) in [5.74, 6) is 0.0492. The Balaban J connectivity index is 1.55. The van der Waals surface area contributed by atoms with E-state index < -0.39 is 0 Å². The van der Waals surface area contributed by atoms with Gasteiger partial charge in [0.25, 0.3) is 5.91 Å². The third-order valence-electron chi connectivity index (χ3n) is 5.06. The minimum absolute atomic E-state index is 0.0616. The molecule has 0 spiro atoms. The average molecular weight is 377 g/mol. The first kappa shape index (κ1) is 19.9. The predicted octanol–water partition coefficient (Wildman–Crippen LogP) is 4.12. The van der Waals surface area contributed by atoms with Gasteiger partial charge < -0.3 is 10.6 Å². The molecule has 4 nitrogen and oxygen atoms in total. The van der Waals surface area contributed by atoms with Crippen LogP contribution in [-0.4, -0.2) is 17.7 Å². The van der Waals surface area contributed by atoms with Gasteiger partial charge in [0, 0.05) is 23.9 Å². The quantitative estimate of drug-likeness (QED) is 0.825. The van der Waals surface area contributed by atoms with Gasteiger partial charge in [0.15, 0.2) is 5.78 Å². The topological polar surface area (TPSA) is 58.2 Å². The summed E-state index contributed by atoms with van der Waals surface area (Å²) >= 11 is 0. The maximum atomic E-state index is 12.5. The van der Waals surface area contributed by atoms with E-state index in [-0.39, 0.29) is 23.1 Å². The van der Waals surface area contributed by atoms with Crippen molar-refractivity contribution in [1.29, 1.82) is 0 Å². The largest absolute Gasteiger partial charge is 0.380 e. The van der Waals surface area contributed by atoms with Crippen LogP contribution in [0.25, 0.3) is 0 Å². The van der Waals surface area contributed by atoms with Crippen LogP contribution in [0.5, 0.6) is 0 Å². The average Bonchev–Trinajstić information content (AvgIpc) is 2.68. The molecule has 2 aromatic carbocycles. The van der Waals surface area contributed by atoms with Crippen LogP contribution < -0.4 is 10.6 Å². The Labute approximate surface area is 167 Å². The summed E-state index contributed by atoms with van der Waals surface area (Å²) in [6, 6.07) is 17.3. The third kappa shape index (κ3) is 5.10. The first-order chi connectivity index (χ1) is 13.3. The van der Waals surface area contributed by atoms with E-state index in [0.717, 1.165) is 11.3 Å². The highest BCUT2D eigenvalue weighted by molar-refractivity contribution is 5.95. The molecule has 1 amide bonds. The Morgan fingerprint density at radius 3 is 2.29 bits per heavy atom. The number of allylic oxidation sites excluding steroid dienone is 1. The van der Waals surface area contributed by atoms with Gasteiger partial charge in [0.1, 0.15) is 0 Å². The summed E-state index contributed by atoms with van der Waals surface area (Å²) in [5, 5.41) is 6.10. The lowest BCUT2D eigenvalue weighted by atomic mass is 9.86. The fraction of sp³-hybridized carbons (Fsp3) is 0.333. The Hall–Kier alpha value is -2.88. The van der Waals surface area contributed by atoms with Gasteiger partial charge in [-0.15, -0.1) is 0 Å². The number of carbonyl (C=O) groups is 2. The summed E-state index contributed by atoms with van der Waals surface area (Å²) in [7, 11) is 0. The molecule has 0 saturated carbocycles. The zero-order chi connectivity index (χ0) is 20.1. The van der Waals surface area contributed by atoms with Gasteiger partial charge in [-0.3, -0.25) is 9.59 Å². The van der Waals surface area contributed by atoms with Crippen molar-refractivity contribution in [3.63, 3.8) is 0 Å². The van der Waals surface area contributed by atoms with Crippen molar-refractivity contribution in [2.24, 2.45) is 0 Å². The summed E-state index contributed by atoms with van der Waals surface area (Å²) in [6.45, 7) is 6.45. The van der Waals surface area contributed by atoms with E-state index in [9.17, 15) is 9.59 Å². The van der Waals surface area contributed by atoms with Gasteiger partial charge in [-0.25, -0.2) is 0 Å². The number of benzene rings is 2. The SMILES string of the molecule is CC(C)(C)c1ccc(C(=O)NC2=CNC(C(=O)Cc3ccccc3)CC2)cc1. The number of carbonyl (C=O) groups excluding carboxylic acids is 2. The molecule has 146 valence electrons. The molecule has 0 bridgehead atoms. The van der Waals surface area contributed by atoms with E-state index in [4.69, 9.17) is 0 Å². The van der Waals surface area contributed by atoms with Crippen LogP contribution in [0.4, 0.5) is 0 Å². The van der Waals surface area contributed by atoms with Crippen LogP contribution in [0.15, 0.2) is 66.5 Å². The molecule has 0 fully saturated rings. The van der Waals surface area contributed by atoms with Gasteiger partial charge in [-0.1, -0.05) is 63.2 Å².